The molecule has 0 spiro atoms. The highest BCUT2D eigenvalue weighted by atomic mass is 32.2. The number of ether oxygens (including phenoxy) is 1. The van der Waals surface area contributed by atoms with Gasteiger partial charge in [0.2, 0.25) is 21.8 Å². The summed E-state index contributed by atoms with van der Waals surface area (Å²) in [6.07, 6.45) is 1.54. The smallest absolute Gasteiger partial charge is 0.244 e. The van der Waals surface area contributed by atoms with E-state index < -0.39 is 46.1 Å². The number of hydrogen-bond donors (Lipinski definition) is 1. The van der Waals surface area contributed by atoms with E-state index in [1.54, 1.807) is 31.2 Å². The van der Waals surface area contributed by atoms with Gasteiger partial charge in [-0.05, 0) is 50.1 Å². The van der Waals surface area contributed by atoms with Gasteiger partial charge in [0.1, 0.15) is 18.3 Å². The van der Waals surface area contributed by atoms with Gasteiger partial charge in [-0.2, -0.15) is 0 Å². The minimum atomic E-state index is -4.05. The van der Waals surface area contributed by atoms with Gasteiger partial charge < -0.3 is 15.0 Å². The van der Waals surface area contributed by atoms with E-state index in [0.717, 1.165) is 18.4 Å². The summed E-state index contributed by atoms with van der Waals surface area (Å²) in [6, 6.07) is 8.34. The number of halogens is 2. The topological polar surface area (TPSA) is 96.0 Å². The first-order valence-electron chi connectivity index (χ1n) is 11.0. The van der Waals surface area contributed by atoms with Crippen LogP contribution in [0.25, 0.3) is 0 Å². The Bertz CT molecular complexity index is 1140. The lowest BCUT2D eigenvalue weighted by Gasteiger charge is -2.32. The summed E-state index contributed by atoms with van der Waals surface area (Å²) in [6.45, 7) is 4.58. The number of carbonyl (C=O) groups is 2. The Labute approximate surface area is 204 Å². The van der Waals surface area contributed by atoms with E-state index in [0.29, 0.717) is 28.1 Å². The molecule has 35 heavy (non-hydrogen) atoms. The largest absolute Gasteiger partial charge is 0.497 e. The molecule has 0 unspecified atom stereocenters. The number of methoxy groups -OCH3 is 1. The van der Waals surface area contributed by atoms with Crippen LogP contribution in [-0.2, 0) is 26.2 Å². The average molecular weight is 512 g/mol. The van der Waals surface area contributed by atoms with E-state index in [2.05, 4.69) is 5.32 Å². The quantitative estimate of drug-likeness (QED) is 0.500. The molecule has 0 fully saturated rings. The van der Waals surface area contributed by atoms with Gasteiger partial charge in [-0.3, -0.25) is 13.9 Å². The van der Waals surface area contributed by atoms with Crippen LogP contribution in [0.5, 0.6) is 5.75 Å². The summed E-state index contributed by atoms with van der Waals surface area (Å²) in [7, 11) is -2.53. The van der Waals surface area contributed by atoms with Crippen LogP contribution in [0.2, 0.25) is 0 Å². The Kier molecular flexibility index (Phi) is 9.58. The van der Waals surface area contributed by atoms with Crippen molar-refractivity contribution in [1.29, 1.82) is 0 Å². The minimum absolute atomic E-state index is 0.00724. The highest BCUT2D eigenvalue weighted by Gasteiger charge is 2.30. The van der Waals surface area contributed by atoms with Crippen molar-refractivity contribution >= 4 is 27.5 Å². The summed E-state index contributed by atoms with van der Waals surface area (Å²) < 4.78 is 57.9. The van der Waals surface area contributed by atoms with Crippen molar-refractivity contribution < 1.29 is 31.5 Å². The zero-order chi connectivity index (χ0) is 26.3. The van der Waals surface area contributed by atoms with E-state index in [9.17, 15) is 26.8 Å². The second kappa shape index (κ2) is 12.0. The van der Waals surface area contributed by atoms with Crippen molar-refractivity contribution in [2.45, 2.75) is 45.8 Å². The molecule has 0 aliphatic rings. The fourth-order valence-corrected chi connectivity index (χ4v) is 4.07. The Morgan fingerprint density at radius 2 is 1.69 bits per heavy atom. The first-order chi connectivity index (χ1) is 16.4. The maximum Gasteiger partial charge on any atom is 0.244 e. The molecule has 2 atom stereocenters. The zero-order valence-corrected chi connectivity index (χ0v) is 21.2. The number of anilines is 1. The molecule has 2 aromatic rings. The number of rotatable bonds is 11. The lowest BCUT2D eigenvalue weighted by Crippen LogP contribution is -2.52. The number of carbonyl (C=O) groups excluding carboxylic acids is 2. The maximum absolute atomic E-state index is 13.8. The number of hydrogen-bond acceptors (Lipinski definition) is 5. The van der Waals surface area contributed by atoms with Crippen LogP contribution in [0.3, 0.4) is 0 Å². The molecular formula is C24H31F2N3O5S. The lowest BCUT2D eigenvalue weighted by molar-refractivity contribution is -0.139. The lowest BCUT2D eigenvalue weighted by atomic mass is 10.1. The molecule has 11 heteroatoms. The van der Waals surface area contributed by atoms with Crippen molar-refractivity contribution in [3.05, 3.63) is 59.7 Å². The first-order valence-corrected chi connectivity index (χ1v) is 12.9. The average Bonchev–Trinajstić information content (AvgIpc) is 2.81. The third-order valence-corrected chi connectivity index (χ3v) is 6.69. The van der Waals surface area contributed by atoms with Crippen LogP contribution in [0.15, 0.2) is 42.5 Å². The summed E-state index contributed by atoms with van der Waals surface area (Å²) in [5, 5.41) is 2.82. The van der Waals surface area contributed by atoms with Crippen LogP contribution in [0, 0.1) is 11.6 Å². The van der Waals surface area contributed by atoms with Crippen molar-refractivity contribution in [3.8, 4) is 5.75 Å². The summed E-state index contributed by atoms with van der Waals surface area (Å²) in [4.78, 5) is 27.5. The molecule has 0 saturated carbocycles. The van der Waals surface area contributed by atoms with Crippen molar-refractivity contribution in [3.63, 3.8) is 0 Å². The Morgan fingerprint density at radius 3 is 2.20 bits per heavy atom. The molecule has 8 nitrogen and oxygen atoms in total. The van der Waals surface area contributed by atoms with E-state index in [1.165, 1.54) is 12.0 Å². The molecule has 0 aromatic heterocycles. The number of nitrogens with zero attached hydrogens (tertiary/aromatic N) is 2. The van der Waals surface area contributed by atoms with Gasteiger partial charge >= 0.3 is 0 Å². The molecule has 0 aliphatic heterocycles. The van der Waals surface area contributed by atoms with Crippen LogP contribution in [0.1, 0.15) is 32.8 Å². The molecule has 0 heterocycles. The second-order valence-corrected chi connectivity index (χ2v) is 10.1. The van der Waals surface area contributed by atoms with Gasteiger partial charge in [0.05, 0.1) is 19.1 Å². The molecular weight excluding hydrogens is 480 g/mol. The minimum Gasteiger partial charge on any atom is -0.497 e. The van der Waals surface area contributed by atoms with Crippen LogP contribution >= 0.6 is 0 Å². The number of amides is 2. The normalized spacial score (nSPS) is 13.0. The highest BCUT2D eigenvalue weighted by molar-refractivity contribution is 7.92. The van der Waals surface area contributed by atoms with Crippen molar-refractivity contribution in [2.24, 2.45) is 0 Å². The summed E-state index contributed by atoms with van der Waals surface area (Å²) >= 11 is 0. The molecule has 2 rings (SSSR count). The predicted octanol–water partition coefficient (Wildman–Crippen LogP) is 3.07. The predicted molar refractivity (Wildman–Crippen MR) is 129 cm³/mol. The third kappa shape index (κ3) is 7.64. The van der Waals surface area contributed by atoms with Gasteiger partial charge in [-0.1, -0.05) is 19.1 Å². The fraction of sp³-hybridized carbons (Fsp3) is 0.417. The summed E-state index contributed by atoms with van der Waals surface area (Å²) in [5.74, 6) is -2.89. The van der Waals surface area contributed by atoms with Crippen molar-refractivity contribution in [1.82, 2.24) is 10.2 Å². The Balaban J connectivity index is 2.40. The van der Waals surface area contributed by atoms with E-state index in [4.69, 9.17) is 4.74 Å². The molecule has 192 valence electrons. The Hall–Kier alpha value is -3.21. The molecule has 0 radical (unpaired) electrons. The molecule has 1 N–H and O–H groups in total. The van der Waals surface area contributed by atoms with E-state index in [1.807, 2.05) is 13.8 Å². The molecule has 0 bridgehead atoms. The van der Waals surface area contributed by atoms with Gasteiger partial charge in [0, 0.05) is 18.7 Å². The summed E-state index contributed by atoms with van der Waals surface area (Å²) in [5.41, 5.74) is 0.474. The van der Waals surface area contributed by atoms with E-state index >= 15 is 0 Å². The zero-order valence-electron chi connectivity index (χ0n) is 20.4. The van der Waals surface area contributed by atoms with Crippen molar-refractivity contribution in [2.75, 3.05) is 24.2 Å². The maximum atomic E-state index is 13.8. The number of nitrogens with one attached hydrogen (secondary N) is 1. The second-order valence-electron chi connectivity index (χ2n) is 8.23. The van der Waals surface area contributed by atoms with Gasteiger partial charge in [-0.15, -0.1) is 0 Å². The molecule has 0 aliphatic carbocycles. The standard InChI is InChI=1S/C24H31F2N3O5S/c1-6-16(2)27-24(31)17(3)28(14-18-7-10-20(34-4)11-8-18)23(30)15-29(35(5,32)33)19-9-12-21(25)22(26)13-19/h7-13,16-17H,6,14-15H2,1-5H3,(H,27,31)/t16-,17-/m1/s1. The molecule has 0 saturated heterocycles. The number of benzene rings is 2. The SMILES string of the molecule is CC[C@@H](C)NC(=O)[C@@H](C)N(Cc1ccc(OC)cc1)C(=O)CN(c1ccc(F)c(F)c1)S(C)(=O)=O. The van der Waals surface area contributed by atoms with Gasteiger partial charge in [0.25, 0.3) is 0 Å². The van der Waals surface area contributed by atoms with Gasteiger partial charge in [-0.25, -0.2) is 17.2 Å². The van der Waals surface area contributed by atoms with E-state index in [-0.39, 0.29) is 18.3 Å². The Morgan fingerprint density at radius 1 is 1.06 bits per heavy atom. The molecule has 2 aromatic carbocycles. The first kappa shape index (κ1) is 28.0. The third-order valence-electron chi connectivity index (χ3n) is 5.55. The highest BCUT2D eigenvalue weighted by Crippen LogP contribution is 2.22. The number of sulfonamides is 1. The van der Waals surface area contributed by atoms with Crippen LogP contribution < -0.4 is 14.4 Å². The van der Waals surface area contributed by atoms with Gasteiger partial charge in [0.15, 0.2) is 11.6 Å². The van der Waals surface area contributed by atoms with Crippen LogP contribution in [-0.4, -0.2) is 57.1 Å². The fourth-order valence-electron chi connectivity index (χ4n) is 3.23. The van der Waals surface area contributed by atoms with Crippen LogP contribution in [0.4, 0.5) is 14.5 Å². The monoisotopic (exact) mass is 511 g/mol. The molecule has 2 amide bonds.